The number of hydrogen-bond donors (Lipinski definition) is 1. The molecule has 0 spiro atoms. The molecule has 2 aromatic carbocycles. The first-order chi connectivity index (χ1) is 13.6. The van der Waals surface area contributed by atoms with E-state index in [0.29, 0.717) is 12.1 Å². The van der Waals surface area contributed by atoms with Crippen molar-refractivity contribution in [3.05, 3.63) is 105 Å². The van der Waals surface area contributed by atoms with Gasteiger partial charge in [-0.05, 0) is 37.1 Å². The Hall–Kier alpha value is -3.11. The van der Waals surface area contributed by atoms with Gasteiger partial charge < -0.3 is 13.7 Å². The minimum atomic E-state index is -0.298. The smallest absolute Gasteiger partial charge is 0.336 e. The average molecular weight is 374 g/mol. The number of furan rings is 1. The van der Waals surface area contributed by atoms with Gasteiger partial charge in [0.2, 0.25) is 0 Å². The number of quaternary nitrogens is 1. The van der Waals surface area contributed by atoms with E-state index in [9.17, 15) is 4.79 Å². The van der Waals surface area contributed by atoms with Crippen LogP contribution >= 0.6 is 0 Å². The molecule has 2 aromatic heterocycles. The van der Waals surface area contributed by atoms with Crippen molar-refractivity contribution >= 4 is 11.0 Å². The third-order valence-electron chi connectivity index (χ3n) is 5.26. The van der Waals surface area contributed by atoms with Crippen molar-refractivity contribution in [2.45, 2.75) is 33.5 Å². The standard InChI is InChI=1S/C24H23NO3/c1-17-10-11-22-20(13-23(26)28-24(22)18(17)2)15-25(16-21-9-6-12-27-21)14-19-7-4-3-5-8-19/h3-13H,14-16H2,1-2H3/p+1. The van der Waals surface area contributed by atoms with Crippen LogP contribution < -0.4 is 10.5 Å². The number of fused-ring (bicyclic) bond motifs is 1. The third kappa shape index (κ3) is 3.92. The summed E-state index contributed by atoms with van der Waals surface area (Å²) in [5.41, 5.74) is 4.80. The van der Waals surface area contributed by atoms with Gasteiger partial charge in [-0.2, -0.15) is 0 Å². The highest BCUT2D eigenvalue weighted by molar-refractivity contribution is 5.83. The average Bonchev–Trinajstić information content (AvgIpc) is 3.19. The summed E-state index contributed by atoms with van der Waals surface area (Å²) in [5.74, 6) is 0.935. The largest absolute Gasteiger partial charge is 0.463 e. The van der Waals surface area contributed by atoms with Crippen LogP contribution in [-0.2, 0) is 19.6 Å². The van der Waals surface area contributed by atoms with Gasteiger partial charge in [-0.25, -0.2) is 4.79 Å². The molecule has 1 atom stereocenters. The summed E-state index contributed by atoms with van der Waals surface area (Å²) < 4.78 is 11.1. The van der Waals surface area contributed by atoms with Crippen molar-refractivity contribution in [1.29, 1.82) is 0 Å². The predicted octanol–water partition coefficient (Wildman–Crippen LogP) is 3.79. The van der Waals surface area contributed by atoms with Crippen molar-refractivity contribution in [3.63, 3.8) is 0 Å². The summed E-state index contributed by atoms with van der Waals surface area (Å²) in [5, 5.41) is 1.01. The van der Waals surface area contributed by atoms with E-state index in [1.807, 2.05) is 32.0 Å². The van der Waals surface area contributed by atoms with Crippen LogP contribution in [-0.4, -0.2) is 0 Å². The highest BCUT2D eigenvalue weighted by Crippen LogP contribution is 2.23. The van der Waals surface area contributed by atoms with Crippen LogP contribution in [0.3, 0.4) is 0 Å². The highest BCUT2D eigenvalue weighted by Gasteiger charge is 2.17. The Bertz CT molecular complexity index is 1130. The molecule has 4 rings (SSSR count). The van der Waals surface area contributed by atoms with Crippen LogP contribution in [0.1, 0.15) is 28.0 Å². The SMILES string of the molecule is Cc1ccc2c(C[NH+](Cc3ccccc3)Cc3ccco3)cc(=O)oc2c1C. The molecule has 0 radical (unpaired) electrons. The van der Waals surface area contributed by atoms with Crippen LogP contribution in [0.2, 0.25) is 0 Å². The Morgan fingerprint density at radius 1 is 0.893 bits per heavy atom. The number of aryl methyl sites for hydroxylation is 2. The number of hydrogen-bond acceptors (Lipinski definition) is 3. The van der Waals surface area contributed by atoms with E-state index in [1.54, 1.807) is 12.3 Å². The van der Waals surface area contributed by atoms with Gasteiger partial charge in [0.05, 0.1) is 6.26 Å². The second-order valence-corrected chi connectivity index (χ2v) is 7.32. The maximum atomic E-state index is 12.2. The van der Waals surface area contributed by atoms with Crippen molar-refractivity contribution in [3.8, 4) is 0 Å². The molecule has 4 aromatic rings. The first-order valence-corrected chi connectivity index (χ1v) is 9.53. The number of benzene rings is 2. The Morgan fingerprint density at radius 2 is 1.71 bits per heavy atom. The van der Waals surface area contributed by atoms with Crippen molar-refractivity contribution < 1.29 is 13.7 Å². The molecule has 1 N–H and O–H groups in total. The van der Waals surface area contributed by atoms with E-state index >= 15 is 0 Å². The molecular formula is C24H24NO3+. The fraction of sp³-hybridized carbons (Fsp3) is 0.208. The predicted molar refractivity (Wildman–Crippen MR) is 109 cm³/mol. The number of rotatable bonds is 6. The fourth-order valence-electron chi connectivity index (χ4n) is 3.67. The minimum absolute atomic E-state index is 0.298. The molecule has 142 valence electrons. The molecule has 0 fully saturated rings. The maximum absolute atomic E-state index is 12.2. The van der Waals surface area contributed by atoms with Gasteiger partial charge in [-0.1, -0.05) is 42.5 Å². The maximum Gasteiger partial charge on any atom is 0.336 e. The second kappa shape index (κ2) is 7.87. The second-order valence-electron chi connectivity index (χ2n) is 7.32. The zero-order valence-electron chi connectivity index (χ0n) is 16.2. The van der Waals surface area contributed by atoms with Crippen LogP contribution in [0.25, 0.3) is 11.0 Å². The van der Waals surface area contributed by atoms with Crippen molar-refractivity contribution in [1.82, 2.24) is 0 Å². The molecule has 0 aliphatic rings. The van der Waals surface area contributed by atoms with Gasteiger partial charge in [0.1, 0.15) is 25.2 Å². The van der Waals surface area contributed by atoms with E-state index in [2.05, 4.69) is 36.4 Å². The van der Waals surface area contributed by atoms with Crippen LogP contribution in [0.5, 0.6) is 0 Å². The molecule has 1 unspecified atom stereocenters. The summed E-state index contributed by atoms with van der Waals surface area (Å²) in [4.78, 5) is 13.5. The van der Waals surface area contributed by atoms with Gasteiger partial charge in [0, 0.05) is 22.6 Å². The Morgan fingerprint density at radius 3 is 2.46 bits per heavy atom. The molecule has 2 heterocycles. The fourth-order valence-corrected chi connectivity index (χ4v) is 3.67. The first-order valence-electron chi connectivity index (χ1n) is 9.53. The summed E-state index contributed by atoms with van der Waals surface area (Å²) >= 11 is 0. The van der Waals surface area contributed by atoms with E-state index < -0.39 is 0 Å². The molecular weight excluding hydrogens is 350 g/mol. The molecule has 0 saturated carbocycles. The Labute approximate surface area is 164 Å². The third-order valence-corrected chi connectivity index (χ3v) is 5.26. The summed E-state index contributed by atoms with van der Waals surface area (Å²) in [7, 11) is 0. The quantitative estimate of drug-likeness (QED) is 0.523. The zero-order chi connectivity index (χ0) is 19.5. The lowest BCUT2D eigenvalue weighted by atomic mass is 10.0. The van der Waals surface area contributed by atoms with Gasteiger partial charge in [-0.15, -0.1) is 0 Å². The summed E-state index contributed by atoms with van der Waals surface area (Å²) in [6, 6.07) is 20.1. The lowest BCUT2D eigenvalue weighted by Gasteiger charge is -2.20. The Kier molecular flexibility index (Phi) is 5.13. The molecule has 0 aliphatic carbocycles. The van der Waals surface area contributed by atoms with Gasteiger partial charge in [0.25, 0.3) is 0 Å². The summed E-state index contributed by atoms with van der Waals surface area (Å²) in [6.07, 6.45) is 1.70. The molecule has 4 nitrogen and oxygen atoms in total. The molecule has 4 heteroatoms. The minimum Gasteiger partial charge on any atom is -0.463 e. The van der Waals surface area contributed by atoms with Crippen molar-refractivity contribution in [2.24, 2.45) is 0 Å². The van der Waals surface area contributed by atoms with E-state index in [-0.39, 0.29) is 5.63 Å². The number of nitrogens with one attached hydrogen (secondary N) is 1. The van der Waals surface area contributed by atoms with Gasteiger partial charge in [-0.3, -0.25) is 0 Å². The molecule has 0 aliphatic heterocycles. The lowest BCUT2D eigenvalue weighted by molar-refractivity contribution is -0.942. The van der Waals surface area contributed by atoms with Crippen LogP contribution in [0.15, 0.2) is 80.6 Å². The van der Waals surface area contributed by atoms with Gasteiger partial charge >= 0.3 is 5.63 Å². The molecule has 28 heavy (non-hydrogen) atoms. The first kappa shape index (κ1) is 18.3. The topological polar surface area (TPSA) is 47.8 Å². The lowest BCUT2D eigenvalue weighted by Crippen LogP contribution is -3.08. The van der Waals surface area contributed by atoms with E-state index in [4.69, 9.17) is 8.83 Å². The summed E-state index contributed by atoms with van der Waals surface area (Å²) in [6.45, 7) is 6.33. The van der Waals surface area contributed by atoms with E-state index in [1.165, 1.54) is 10.5 Å². The molecule has 0 saturated heterocycles. The molecule has 0 bridgehead atoms. The van der Waals surface area contributed by atoms with Gasteiger partial charge in [0.15, 0.2) is 5.76 Å². The Balaban J connectivity index is 1.71. The van der Waals surface area contributed by atoms with Crippen LogP contribution in [0.4, 0.5) is 0 Å². The van der Waals surface area contributed by atoms with Crippen LogP contribution in [0, 0.1) is 13.8 Å². The monoisotopic (exact) mass is 374 g/mol. The van der Waals surface area contributed by atoms with E-state index in [0.717, 1.165) is 40.9 Å². The highest BCUT2D eigenvalue weighted by atomic mass is 16.4. The normalized spacial score (nSPS) is 12.4. The zero-order valence-corrected chi connectivity index (χ0v) is 16.2. The molecule has 0 amide bonds. The van der Waals surface area contributed by atoms with Crippen molar-refractivity contribution in [2.75, 3.05) is 0 Å².